The van der Waals surface area contributed by atoms with Crippen molar-refractivity contribution in [3.63, 3.8) is 0 Å². The second-order valence-electron chi connectivity index (χ2n) is 11.8. The first-order valence-electron chi connectivity index (χ1n) is 16.7. The van der Waals surface area contributed by atoms with Crippen molar-refractivity contribution in [1.82, 2.24) is 29.3 Å². The van der Waals surface area contributed by atoms with E-state index in [2.05, 4.69) is 53.4 Å². The molecular formula is C37H51F3N6O. The molecule has 3 heterocycles. The largest absolute Gasteiger partial charge is 0.424 e. The molecule has 0 atom stereocenters. The summed E-state index contributed by atoms with van der Waals surface area (Å²) >= 11 is 0. The Labute approximate surface area is 278 Å². The molecule has 2 aromatic carbocycles. The molecule has 1 fully saturated rings. The number of piperidine rings is 1. The average molecular weight is 653 g/mol. The molecule has 4 aromatic rings. The quantitative estimate of drug-likeness (QED) is 0.180. The maximum Gasteiger partial charge on any atom is 0.416 e. The van der Waals surface area contributed by atoms with E-state index in [1.807, 2.05) is 46.8 Å². The van der Waals surface area contributed by atoms with Gasteiger partial charge in [-0.05, 0) is 75.2 Å². The third-order valence-corrected chi connectivity index (χ3v) is 8.05. The van der Waals surface area contributed by atoms with Crippen LogP contribution in [0.1, 0.15) is 83.0 Å². The van der Waals surface area contributed by atoms with Crippen LogP contribution < -0.4 is 4.74 Å². The highest BCUT2D eigenvalue weighted by molar-refractivity contribution is 5.77. The van der Waals surface area contributed by atoms with Crippen molar-refractivity contribution in [3.05, 3.63) is 77.7 Å². The van der Waals surface area contributed by atoms with Gasteiger partial charge in [-0.2, -0.15) is 18.2 Å². The fourth-order valence-corrected chi connectivity index (χ4v) is 5.39. The molecule has 0 aliphatic carbocycles. The summed E-state index contributed by atoms with van der Waals surface area (Å²) in [5.74, 6) is 1.02. The summed E-state index contributed by atoms with van der Waals surface area (Å²) in [6, 6.07) is 13.4. The number of aryl methyl sites for hydroxylation is 1. The molecule has 1 aliphatic heterocycles. The van der Waals surface area contributed by atoms with Crippen LogP contribution in [0.25, 0.3) is 22.6 Å². The second kappa shape index (κ2) is 17.4. The molecule has 0 bridgehead atoms. The van der Waals surface area contributed by atoms with Crippen molar-refractivity contribution >= 4 is 0 Å². The number of likely N-dealkylation sites (N-methyl/N-ethyl adjacent to an activating group) is 1. The maximum absolute atomic E-state index is 13.3. The van der Waals surface area contributed by atoms with E-state index in [1.165, 1.54) is 12.1 Å². The molecule has 10 heteroatoms. The van der Waals surface area contributed by atoms with Crippen molar-refractivity contribution in [2.45, 2.75) is 79.4 Å². The van der Waals surface area contributed by atoms with Crippen LogP contribution in [0.4, 0.5) is 13.2 Å². The Balaban J connectivity index is 0.00000144. The highest BCUT2D eigenvalue weighted by Gasteiger charge is 2.31. The zero-order valence-corrected chi connectivity index (χ0v) is 29.4. The predicted molar refractivity (Wildman–Crippen MR) is 185 cm³/mol. The molecule has 0 unspecified atom stereocenters. The Morgan fingerprint density at radius 3 is 2.19 bits per heavy atom. The van der Waals surface area contributed by atoms with Gasteiger partial charge in [0.2, 0.25) is 0 Å². The number of nitrogens with zero attached hydrogens (tertiary/aromatic N) is 6. The van der Waals surface area contributed by atoms with Gasteiger partial charge >= 0.3 is 12.2 Å². The number of likely N-dealkylation sites (tertiary alicyclic amines) is 1. The predicted octanol–water partition coefficient (Wildman–Crippen LogP) is 9.50. The lowest BCUT2D eigenvalue weighted by molar-refractivity contribution is -0.137. The standard InChI is InChI=1S/C33H39F3N6O.2C2H6/c1-22(2)25-7-6-23(3)29(20-25)43-32-37-15-12-28(39-32)31-30(24-8-10-26(11-9-24)33(34,35)36)38-21-42(31)27-13-16-41(17-14-27)19-18-40(4)5;2*1-2/h6-12,15,20-22,27H,13-14,16-19H2,1-5H3;2*1-2H3. The van der Waals surface area contributed by atoms with Gasteiger partial charge < -0.3 is 19.1 Å². The molecule has 7 nitrogen and oxygen atoms in total. The van der Waals surface area contributed by atoms with Gasteiger partial charge in [-0.1, -0.05) is 65.8 Å². The molecule has 0 spiro atoms. The van der Waals surface area contributed by atoms with Gasteiger partial charge in [0.05, 0.1) is 29.0 Å². The van der Waals surface area contributed by atoms with E-state index in [1.54, 1.807) is 18.6 Å². The zero-order chi connectivity index (χ0) is 34.7. The van der Waals surface area contributed by atoms with Crippen molar-refractivity contribution in [2.24, 2.45) is 0 Å². The molecule has 0 saturated carbocycles. The summed E-state index contributed by atoms with van der Waals surface area (Å²) in [7, 11) is 4.16. The Kier molecular flexibility index (Phi) is 14.0. The van der Waals surface area contributed by atoms with E-state index in [-0.39, 0.29) is 12.1 Å². The zero-order valence-electron chi connectivity index (χ0n) is 29.4. The lowest BCUT2D eigenvalue weighted by atomic mass is 10.0. The van der Waals surface area contributed by atoms with Crippen molar-refractivity contribution < 1.29 is 17.9 Å². The van der Waals surface area contributed by atoms with Gasteiger partial charge in [0, 0.05) is 44.0 Å². The number of hydrogen-bond donors (Lipinski definition) is 0. The SMILES string of the molecule is CC.CC.Cc1ccc(C(C)C)cc1Oc1nccc(-c2c(-c3ccc(C(F)(F)F)cc3)ncn2C2CCN(CCN(C)C)CC2)n1. The van der Waals surface area contributed by atoms with E-state index in [4.69, 9.17) is 14.7 Å². The highest BCUT2D eigenvalue weighted by atomic mass is 19.4. The Hall–Kier alpha value is -3.76. The van der Waals surface area contributed by atoms with E-state index in [0.717, 1.165) is 68.0 Å². The van der Waals surface area contributed by atoms with Gasteiger partial charge in [0.15, 0.2) is 0 Å². The van der Waals surface area contributed by atoms with Crippen molar-refractivity contribution in [1.29, 1.82) is 0 Å². The molecule has 256 valence electrons. The molecule has 2 aromatic heterocycles. The molecule has 0 radical (unpaired) electrons. The van der Waals surface area contributed by atoms with Crippen LogP contribution >= 0.6 is 0 Å². The summed E-state index contributed by atoms with van der Waals surface area (Å²) in [5.41, 5.74) is 3.93. The number of benzene rings is 2. The average Bonchev–Trinajstić information content (AvgIpc) is 3.52. The number of hydrogen-bond acceptors (Lipinski definition) is 6. The van der Waals surface area contributed by atoms with Gasteiger partial charge in [0.25, 0.3) is 0 Å². The second-order valence-corrected chi connectivity index (χ2v) is 11.8. The van der Waals surface area contributed by atoms with Gasteiger partial charge in [-0.15, -0.1) is 0 Å². The minimum absolute atomic E-state index is 0.172. The van der Waals surface area contributed by atoms with Crippen molar-refractivity contribution in [3.8, 4) is 34.4 Å². The molecule has 1 aliphatic rings. The number of halogens is 3. The summed E-state index contributed by atoms with van der Waals surface area (Å²) < 4.78 is 48.2. The minimum atomic E-state index is -4.41. The molecular weight excluding hydrogens is 601 g/mol. The fourth-order valence-electron chi connectivity index (χ4n) is 5.39. The van der Waals surface area contributed by atoms with Gasteiger partial charge in [-0.3, -0.25) is 0 Å². The highest BCUT2D eigenvalue weighted by Crippen LogP contribution is 2.38. The smallest absolute Gasteiger partial charge is 0.416 e. The maximum atomic E-state index is 13.3. The first kappa shape index (κ1) is 37.7. The molecule has 0 amide bonds. The van der Waals surface area contributed by atoms with Crippen LogP contribution in [0, 0.1) is 6.92 Å². The number of rotatable bonds is 9. The summed E-state index contributed by atoms with van der Waals surface area (Å²) in [6.45, 7) is 18.2. The van der Waals surface area contributed by atoms with Crippen LogP contribution in [0.15, 0.2) is 61.1 Å². The van der Waals surface area contributed by atoms with E-state index in [9.17, 15) is 13.2 Å². The Morgan fingerprint density at radius 2 is 1.60 bits per heavy atom. The number of aromatic nitrogens is 4. The van der Waals surface area contributed by atoms with Crippen molar-refractivity contribution in [2.75, 3.05) is 40.3 Å². The fraction of sp³-hybridized carbons (Fsp3) is 0.486. The van der Waals surface area contributed by atoms with E-state index in [0.29, 0.717) is 28.6 Å². The third-order valence-electron chi connectivity index (χ3n) is 8.05. The lowest BCUT2D eigenvalue weighted by Gasteiger charge is -2.33. The Bertz CT molecular complexity index is 1520. The lowest BCUT2D eigenvalue weighted by Crippen LogP contribution is -2.38. The molecule has 5 rings (SSSR count). The molecule has 0 N–H and O–H groups in total. The summed E-state index contributed by atoms with van der Waals surface area (Å²) in [5, 5.41) is 0. The number of imidazole rings is 1. The van der Waals surface area contributed by atoms with Crippen LogP contribution in [0.3, 0.4) is 0 Å². The Morgan fingerprint density at radius 1 is 0.936 bits per heavy atom. The summed E-state index contributed by atoms with van der Waals surface area (Å²) in [6.07, 6.45) is 0.890. The van der Waals surface area contributed by atoms with Crippen LogP contribution in [0.2, 0.25) is 0 Å². The van der Waals surface area contributed by atoms with E-state index >= 15 is 0 Å². The third kappa shape index (κ3) is 9.87. The number of ether oxygens (including phenoxy) is 1. The summed E-state index contributed by atoms with van der Waals surface area (Å²) in [4.78, 5) is 18.6. The van der Waals surface area contributed by atoms with Crippen LogP contribution in [-0.4, -0.2) is 69.6 Å². The molecule has 47 heavy (non-hydrogen) atoms. The normalized spacial score (nSPS) is 14.0. The van der Waals surface area contributed by atoms with Gasteiger partial charge in [-0.25, -0.2) is 9.97 Å². The van der Waals surface area contributed by atoms with Crippen LogP contribution in [-0.2, 0) is 6.18 Å². The first-order valence-corrected chi connectivity index (χ1v) is 16.7. The first-order chi connectivity index (χ1) is 22.5. The topological polar surface area (TPSA) is 59.3 Å². The van der Waals surface area contributed by atoms with Crippen LogP contribution in [0.5, 0.6) is 11.8 Å². The minimum Gasteiger partial charge on any atom is -0.424 e. The van der Waals surface area contributed by atoms with E-state index < -0.39 is 11.7 Å². The number of alkyl halides is 3. The van der Waals surface area contributed by atoms with Gasteiger partial charge in [0.1, 0.15) is 5.75 Å². The monoisotopic (exact) mass is 652 g/mol. The molecule has 1 saturated heterocycles.